The highest BCUT2D eigenvalue weighted by atomic mass is 16.4. The number of carbonyl (C=O) groups is 1. The van der Waals surface area contributed by atoms with Gasteiger partial charge in [-0.25, -0.2) is 4.79 Å². The average molecular weight is 253 g/mol. The molecule has 0 aromatic carbocycles. The monoisotopic (exact) mass is 253 g/mol. The van der Waals surface area contributed by atoms with E-state index in [1.54, 1.807) is 47.3 Å². The molecule has 5 nitrogen and oxygen atoms in total. The van der Waals surface area contributed by atoms with Crippen LogP contribution in [0.4, 0.5) is 5.69 Å². The minimum Gasteiger partial charge on any atom is -0.477 e. The molecule has 0 saturated carbocycles. The molecule has 3 aromatic heterocycles. The summed E-state index contributed by atoms with van der Waals surface area (Å²) in [6.45, 7) is 0. The maximum absolute atomic E-state index is 11.5. The zero-order valence-electron chi connectivity index (χ0n) is 9.95. The average Bonchev–Trinajstić information content (AvgIpc) is 2.74. The van der Waals surface area contributed by atoms with Crippen molar-refractivity contribution in [2.24, 2.45) is 0 Å². The van der Waals surface area contributed by atoms with Crippen molar-refractivity contribution in [3.05, 3.63) is 54.6 Å². The van der Waals surface area contributed by atoms with Gasteiger partial charge in [0.05, 0.1) is 11.2 Å². The summed E-state index contributed by atoms with van der Waals surface area (Å²) >= 11 is 0. The first-order valence-corrected chi connectivity index (χ1v) is 5.72. The van der Waals surface area contributed by atoms with Crippen molar-refractivity contribution >= 4 is 17.2 Å². The van der Waals surface area contributed by atoms with Crippen LogP contribution in [0.15, 0.2) is 48.9 Å². The first-order chi connectivity index (χ1) is 9.20. The molecule has 0 saturated heterocycles. The molecular formula is C14H11N3O2. The predicted molar refractivity (Wildman–Crippen MR) is 72.0 cm³/mol. The molecule has 3 N–H and O–H groups in total. The normalized spacial score (nSPS) is 10.7. The molecule has 3 heterocycles. The quantitative estimate of drug-likeness (QED) is 0.734. The Hall–Kier alpha value is -2.82. The van der Waals surface area contributed by atoms with Crippen molar-refractivity contribution in [3.8, 4) is 11.1 Å². The SMILES string of the molecule is Nc1c(-c2ccncc2)c(C(=O)O)n2ccccc12. The third-order valence-electron chi connectivity index (χ3n) is 3.05. The molecule has 0 bridgehead atoms. The van der Waals surface area contributed by atoms with E-state index in [4.69, 9.17) is 5.73 Å². The van der Waals surface area contributed by atoms with Gasteiger partial charge < -0.3 is 15.2 Å². The Morgan fingerprint density at radius 1 is 1.21 bits per heavy atom. The molecule has 0 aliphatic rings. The van der Waals surface area contributed by atoms with Crippen molar-refractivity contribution < 1.29 is 9.90 Å². The van der Waals surface area contributed by atoms with E-state index in [-0.39, 0.29) is 5.69 Å². The van der Waals surface area contributed by atoms with Gasteiger partial charge in [-0.3, -0.25) is 4.98 Å². The largest absolute Gasteiger partial charge is 0.477 e. The molecule has 0 radical (unpaired) electrons. The van der Waals surface area contributed by atoms with Crippen molar-refractivity contribution in [3.63, 3.8) is 0 Å². The van der Waals surface area contributed by atoms with Crippen molar-refractivity contribution in [1.29, 1.82) is 0 Å². The lowest BCUT2D eigenvalue weighted by Gasteiger charge is -2.02. The van der Waals surface area contributed by atoms with E-state index >= 15 is 0 Å². The Balaban J connectivity index is 2.44. The van der Waals surface area contributed by atoms with Crippen LogP contribution in [-0.4, -0.2) is 20.5 Å². The van der Waals surface area contributed by atoms with Gasteiger partial charge in [0.15, 0.2) is 0 Å². The van der Waals surface area contributed by atoms with Crippen LogP contribution in [0, 0.1) is 0 Å². The fourth-order valence-corrected chi connectivity index (χ4v) is 2.25. The molecule has 0 fully saturated rings. The van der Waals surface area contributed by atoms with Gasteiger partial charge in [0.2, 0.25) is 0 Å². The van der Waals surface area contributed by atoms with E-state index < -0.39 is 5.97 Å². The molecular weight excluding hydrogens is 242 g/mol. The number of nitrogens with two attached hydrogens (primary N) is 1. The lowest BCUT2D eigenvalue weighted by molar-refractivity contribution is 0.0690. The number of hydrogen-bond acceptors (Lipinski definition) is 3. The Kier molecular flexibility index (Phi) is 2.45. The molecule has 3 rings (SSSR count). The van der Waals surface area contributed by atoms with E-state index in [0.29, 0.717) is 16.8 Å². The van der Waals surface area contributed by atoms with Crippen LogP contribution in [0.3, 0.4) is 0 Å². The molecule has 94 valence electrons. The van der Waals surface area contributed by atoms with Crippen molar-refractivity contribution in [1.82, 2.24) is 9.38 Å². The Bertz CT molecular complexity index is 763. The van der Waals surface area contributed by atoms with E-state index in [0.717, 1.165) is 5.56 Å². The van der Waals surface area contributed by atoms with E-state index in [1.165, 1.54) is 0 Å². The Morgan fingerprint density at radius 2 is 1.95 bits per heavy atom. The number of aromatic carboxylic acids is 1. The lowest BCUT2D eigenvalue weighted by Crippen LogP contribution is -2.03. The molecule has 0 spiro atoms. The number of fused-ring (bicyclic) bond motifs is 1. The molecule has 0 aliphatic heterocycles. The number of aromatic nitrogens is 2. The fourth-order valence-electron chi connectivity index (χ4n) is 2.25. The number of carboxylic acid groups (broad SMARTS) is 1. The number of rotatable bonds is 2. The summed E-state index contributed by atoms with van der Waals surface area (Å²) in [6.07, 6.45) is 4.92. The van der Waals surface area contributed by atoms with E-state index in [9.17, 15) is 9.90 Å². The van der Waals surface area contributed by atoms with Crippen LogP contribution < -0.4 is 5.73 Å². The molecule has 0 aliphatic carbocycles. The highest BCUT2D eigenvalue weighted by molar-refractivity contribution is 6.04. The number of nitrogens with zero attached hydrogens (tertiary/aromatic N) is 2. The van der Waals surface area contributed by atoms with Gasteiger partial charge in [0, 0.05) is 24.2 Å². The number of carboxylic acids is 1. The van der Waals surface area contributed by atoms with Crippen LogP contribution in [0.1, 0.15) is 10.5 Å². The summed E-state index contributed by atoms with van der Waals surface area (Å²) in [4.78, 5) is 15.5. The Labute approximate surface area is 108 Å². The molecule has 19 heavy (non-hydrogen) atoms. The molecule has 0 unspecified atom stereocenters. The van der Waals surface area contributed by atoms with Crippen LogP contribution in [0.25, 0.3) is 16.6 Å². The zero-order valence-corrected chi connectivity index (χ0v) is 9.95. The minimum absolute atomic E-state index is 0.166. The van der Waals surface area contributed by atoms with Crippen molar-refractivity contribution in [2.45, 2.75) is 0 Å². The van der Waals surface area contributed by atoms with E-state index in [2.05, 4.69) is 4.98 Å². The third kappa shape index (κ3) is 1.63. The number of anilines is 1. The van der Waals surface area contributed by atoms with Crippen LogP contribution in [-0.2, 0) is 0 Å². The summed E-state index contributed by atoms with van der Waals surface area (Å²) < 4.78 is 1.59. The standard InChI is InChI=1S/C14H11N3O2/c15-12-10-3-1-2-8-17(10)13(14(18)19)11(12)9-4-6-16-7-5-9/h1-8H,15H2,(H,18,19). The van der Waals surface area contributed by atoms with Gasteiger partial charge in [-0.05, 0) is 29.8 Å². The van der Waals surface area contributed by atoms with Gasteiger partial charge in [0.25, 0.3) is 0 Å². The number of pyridine rings is 2. The number of nitrogen functional groups attached to an aromatic ring is 1. The molecule has 5 heteroatoms. The second-order valence-corrected chi connectivity index (χ2v) is 4.13. The Morgan fingerprint density at radius 3 is 2.63 bits per heavy atom. The van der Waals surface area contributed by atoms with Gasteiger partial charge >= 0.3 is 5.97 Å². The van der Waals surface area contributed by atoms with Crippen molar-refractivity contribution in [2.75, 3.05) is 5.73 Å². The summed E-state index contributed by atoms with van der Waals surface area (Å²) in [7, 11) is 0. The second-order valence-electron chi connectivity index (χ2n) is 4.13. The van der Waals surface area contributed by atoms with Crippen LogP contribution in [0.2, 0.25) is 0 Å². The number of hydrogen-bond donors (Lipinski definition) is 2. The second kappa shape index (κ2) is 4.13. The third-order valence-corrected chi connectivity index (χ3v) is 3.05. The minimum atomic E-state index is -1.01. The highest BCUT2D eigenvalue weighted by Crippen LogP contribution is 2.34. The van der Waals surface area contributed by atoms with Crippen LogP contribution in [0.5, 0.6) is 0 Å². The highest BCUT2D eigenvalue weighted by Gasteiger charge is 2.22. The topological polar surface area (TPSA) is 80.6 Å². The fraction of sp³-hybridized carbons (Fsp3) is 0. The van der Waals surface area contributed by atoms with Gasteiger partial charge in [-0.1, -0.05) is 6.07 Å². The predicted octanol–water partition coefficient (Wildman–Crippen LogP) is 2.28. The van der Waals surface area contributed by atoms with Gasteiger partial charge in [-0.2, -0.15) is 0 Å². The van der Waals surface area contributed by atoms with E-state index in [1.807, 2.05) is 6.07 Å². The van der Waals surface area contributed by atoms with Gasteiger partial charge in [-0.15, -0.1) is 0 Å². The van der Waals surface area contributed by atoms with Crippen LogP contribution >= 0.6 is 0 Å². The summed E-state index contributed by atoms with van der Waals surface area (Å²) in [5.41, 5.74) is 8.69. The molecule has 0 atom stereocenters. The maximum Gasteiger partial charge on any atom is 0.353 e. The summed E-state index contributed by atoms with van der Waals surface area (Å²) in [5, 5.41) is 9.45. The smallest absolute Gasteiger partial charge is 0.353 e. The first-order valence-electron chi connectivity index (χ1n) is 5.72. The first kappa shape index (κ1) is 11.3. The molecule has 3 aromatic rings. The zero-order chi connectivity index (χ0) is 13.4. The lowest BCUT2D eigenvalue weighted by atomic mass is 10.1. The maximum atomic E-state index is 11.5. The summed E-state index contributed by atoms with van der Waals surface area (Å²) in [5.74, 6) is -1.01. The van der Waals surface area contributed by atoms with Gasteiger partial charge in [0.1, 0.15) is 5.69 Å². The molecule has 0 amide bonds. The summed E-state index contributed by atoms with van der Waals surface area (Å²) in [6, 6.07) is 8.89.